The van der Waals surface area contributed by atoms with Gasteiger partial charge in [0.1, 0.15) is 0 Å². The second-order valence-electron chi connectivity index (χ2n) is 6.63. The van der Waals surface area contributed by atoms with E-state index in [4.69, 9.17) is 5.11 Å². The third-order valence-corrected chi connectivity index (χ3v) is 4.93. The van der Waals surface area contributed by atoms with E-state index in [0.717, 1.165) is 32.2 Å². The SMILES string of the molecule is CC1(C)CCCCC1C(=O)N1CCCC1CCO. The zero-order valence-corrected chi connectivity index (χ0v) is 11.8. The second kappa shape index (κ2) is 5.60. The van der Waals surface area contributed by atoms with E-state index < -0.39 is 0 Å². The lowest BCUT2D eigenvalue weighted by molar-refractivity contribution is -0.142. The topological polar surface area (TPSA) is 40.5 Å². The fourth-order valence-electron chi connectivity index (χ4n) is 3.73. The summed E-state index contributed by atoms with van der Waals surface area (Å²) in [6.45, 7) is 5.58. The number of likely N-dealkylation sites (tertiary alicyclic amines) is 1. The third kappa shape index (κ3) is 2.71. The summed E-state index contributed by atoms with van der Waals surface area (Å²) in [5.74, 6) is 0.557. The molecule has 1 N–H and O–H groups in total. The Labute approximate surface area is 111 Å². The molecule has 2 fully saturated rings. The summed E-state index contributed by atoms with van der Waals surface area (Å²) in [6.07, 6.45) is 7.59. The van der Waals surface area contributed by atoms with Crippen molar-refractivity contribution in [3.8, 4) is 0 Å². The van der Waals surface area contributed by atoms with E-state index in [1.807, 2.05) is 0 Å². The molecule has 2 rings (SSSR count). The number of carbonyl (C=O) groups excluding carboxylic acids is 1. The number of amides is 1. The molecule has 3 nitrogen and oxygen atoms in total. The van der Waals surface area contributed by atoms with Crippen LogP contribution in [0.5, 0.6) is 0 Å². The van der Waals surface area contributed by atoms with E-state index >= 15 is 0 Å². The lowest BCUT2D eigenvalue weighted by atomic mass is 9.68. The first kappa shape index (κ1) is 13.9. The first-order valence-corrected chi connectivity index (χ1v) is 7.47. The molecule has 2 unspecified atom stereocenters. The number of hydrogen-bond acceptors (Lipinski definition) is 2. The zero-order chi connectivity index (χ0) is 13.2. The van der Waals surface area contributed by atoms with Crippen molar-refractivity contribution < 1.29 is 9.90 Å². The van der Waals surface area contributed by atoms with Gasteiger partial charge in [0.05, 0.1) is 0 Å². The van der Waals surface area contributed by atoms with Gasteiger partial charge in [-0.3, -0.25) is 4.79 Å². The van der Waals surface area contributed by atoms with Crippen molar-refractivity contribution in [2.24, 2.45) is 11.3 Å². The average molecular weight is 253 g/mol. The molecule has 104 valence electrons. The molecule has 3 heteroatoms. The fraction of sp³-hybridized carbons (Fsp3) is 0.933. The summed E-state index contributed by atoms with van der Waals surface area (Å²) in [7, 11) is 0. The van der Waals surface area contributed by atoms with Gasteiger partial charge in [-0.1, -0.05) is 26.7 Å². The number of nitrogens with zero attached hydrogens (tertiary/aromatic N) is 1. The minimum atomic E-state index is 0.154. The Kier molecular flexibility index (Phi) is 4.31. The van der Waals surface area contributed by atoms with Gasteiger partial charge in [-0.25, -0.2) is 0 Å². The van der Waals surface area contributed by atoms with Crippen molar-refractivity contribution in [2.75, 3.05) is 13.2 Å². The van der Waals surface area contributed by atoms with Crippen LogP contribution in [0.2, 0.25) is 0 Å². The molecule has 1 saturated carbocycles. The van der Waals surface area contributed by atoms with Crippen LogP contribution in [0.4, 0.5) is 0 Å². The maximum atomic E-state index is 12.7. The van der Waals surface area contributed by atoms with E-state index in [1.165, 1.54) is 19.3 Å². The molecule has 1 aliphatic carbocycles. The number of carbonyl (C=O) groups is 1. The molecule has 2 aliphatic rings. The largest absolute Gasteiger partial charge is 0.396 e. The van der Waals surface area contributed by atoms with Gasteiger partial charge in [0.2, 0.25) is 5.91 Å². The average Bonchev–Trinajstić information content (AvgIpc) is 2.76. The van der Waals surface area contributed by atoms with Crippen LogP contribution in [0.1, 0.15) is 58.8 Å². The number of rotatable bonds is 3. The number of aliphatic hydroxyl groups is 1. The van der Waals surface area contributed by atoms with Crippen LogP contribution in [-0.2, 0) is 4.79 Å². The lowest BCUT2D eigenvalue weighted by Gasteiger charge is -2.40. The molecule has 1 aliphatic heterocycles. The third-order valence-electron chi connectivity index (χ3n) is 4.93. The van der Waals surface area contributed by atoms with Crippen molar-refractivity contribution in [1.29, 1.82) is 0 Å². The van der Waals surface area contributed by atoms with E-state index in [0.29, 0.717) is 11.9 Å². The molecule has 0 bridgehead atoms. The van der Waals surface area contributed by atoms with E-state index in [2.05, 4.69) is 18.7 Å². The van der Waals surface area contributed by atoms with Gasteiger partial charge >= 0.3 is 0 Å². The van der Waals surface area contributed by atoms with Gasteiger partial charge in [0.25, 0.3) is 0 Å². The highest BCUT2D eigenvalue weighted by Crippen LogP contribution is 2.42. The molecular weight excluding hydrogens is 226 g/mol. The predicted octanol–water partition coefficient (Wildman–Crippen LogP) is 2.58. The molecule has 2 atom stereocenters. The first-order valence-electron chi connectivity index (χ1n) is 7.47. The summed E-state index contributed by atoms with van der Waals surface area (Å²) in [5.41, 5.74) is 0.154. The van der Waals surface area contributed by atoms with Crippen LogP contribution in [0, 0.1) is 11.3 Å². The molecule has 1 heterocycles. The normalized spacial score (nSPS) is 31.6. The number of hydrogen-bond donors (Lipinski definition) is 1. The van der Waals surface area contributed by atoms with Crippen LogP contribution in [-0.4, -0.2) is 35.1 Å². The summed E-state index contributed by atoms with van der Waals surface area (Å²) in [4.78, 5) is 14.8. The van der Waals surface area contributed by atoms with Gasteiger partial charge in [-0.15, -0.1) is 0 Å². The van der Waals surface area contributed by atoms with E-state index in [1.54, 1.807) is 0 Å². The van der Waals surface area contributed by atoms with Gasteiger partial charge in [0, 0.05) is 25.1 Å². The highest BCUT2D eigenvalue weighted by atomic mass is 16.3. The summed E-state index contributed by atoms with van der Waals surface area (Å²) < 4.78 is 0. The van der Waals surface area contributed by atoms with Crippen molar-refractivity contribution >= 4 is 5.91 Å². The summed E-state index contributed by atoms with van der Waals surface area (Å²) in [6, 6.07) is 0.292. The first-order chi connectivity index (χ1) is 8.56. The molecular formula is C15H27NO2. The second-order valence-corrected chi connectivity index (χ2v) is 6.63. The molecule has 0 aromatic carbocycles. The Morgan fingerprint density at radius 1 is 1.28 bits per heavy atom. The molecule has 0 aromatic heterocycles. The highest BCUT2D eigenvalue weighted by Gasteiger charge is 2.41. The quantitative estimate of drug-likeness (QED) is 0.840. The van der Waals surface area contributed by atoms with Crippen LogP contribution < -0.4 is 0 Å². The van der Waals surface area contributed by atoms with E-state index in [-0.39, 0.29) is 17.9 Å². The van der Waals surface area contributed by atoms with Crippen LogP contribution in [0.3, 0.4) is 0 Å². The Bertz CT molecular complexity index is 301. The van der Waals surface area contributed by atoms with Gasteiger partial charge < -0.3 is 10.0 Å². The Hall–Kier alpha value is -0.570. The van der Waals surface area contributed by atoms with Crippen molar-refractivity contribution in [3.63, 3.8) is 0 Å². The molecule has 0 radical (unpaired) electrons. The Morgan fingerprint density at radius 2 is 2.06 bits per heavy atom. The molecule has 0 aromatic rings. The Morgan fingerprint density at radius 3 is 2.72 bits per heavy atom. The maximum Gasteiger partial charge on any atom is 0.226 e. The lowest BCUT2D eigenvalue weighted by Crippen LogP contribution is -2.45. The smallest absolute Gasteiger partial charge is 0.226 e. The zero-order valence-electron chi connectivity index (χ0n) is 11.8. The van der Waals surface area contributed by atoms with Crippen LogP contribution >= 0.6 is 0 Å². The standard InChI is InChI=1S/C15H27NO2/c1-15(2)9-4-3-7-13(15)14(18)16-10-5-6-12(16)8-11-17/h12-13,17H,3-11H2,1-2H3. The Balaban J connectivity index is 2.05. The van der Waals surface area contributed by atoms with Gasteiger partial charge in [-0.2, -0.15) is 0 Å². The number of aliphatic hydroxyl groups excluding tert-OH is 1. The minimum Gasteiger partial charge on any atom is -0.396 e. The molecule has 0 spiro atoms. The van der Waals surface area contributed by atoms with E-state index in [9.17, 15) is 4.79 Å². The van der Waals surface area contributed by atoms with Crippen LogP contribution in [0.25, 0.3) is 0 Å². The predicted molar refractivity (Wildman–Crippen MR) is 72.2 cm³/mol. The molecule has 1 saturated heterocycles. The van der Waals surface area contributed by atoms with Gasteiger partial charge in [-0.05, 0) is 37.5 Å². The molecule has 1 amide bonds. The van der Waals surface area contributed by atoms with Crippen molar-refractivity contribution in [2.45, 2.75) is 64.8 Å². The molecule has 18 heavy (non-hydrogen) atoms. The van der Waals surface area contributed by atoms with Gasteiger partial charge in [0.15, 0.2) is 0 Å². The van der Waals surface area contributed by atoms with Crippen LogP contribution in [0.15, 0.2) is 0 Å². The summed E-state index contributed by atoms with van der Waals surface area (Å²) in [5, 5.41) is 9.10. The highest BCUT2D eigenvalue weighted by molar-refractivity contribution is 5.80. The summed E-state index contributed by atoms with van der Waals surface area (Å²) >= 11 is 0. The fourth-order valence-corrected chi connectivity index (χ4v) is 3.73. The van der Waals surface area contributed by atoms with Crippen molar-refractivity contribution in [1.82, 2.24) is 4.90 Å². The maximum absolute atomic E-state index is 12.7. The van der Waals surface area contributed by atoms with Crippen molar-refractivity contribution in [3.05, 3.63) is 0 Å². The minimum absolute atomic E-state index is 0.154. The monoisotopic (exact) mass is 253 g/mol.